The Kier molecular flexibility index (Phi) is 8.69. The number of ketones is 1. The largest absolute Gasteiger partial charge is 0.294 e. The molecule has 0 heterocycles. The molecule has 1 heteroatoms. The van der Waals surface area contributed by atoms with Gasteiger partial charge >= 0.3 is 0 Å². The summed E-state index contributed by atoms with van der Waals surface area (Å²) in [6.07, 6.45) is 1.36. The van der Waals surface area contributed by atoms with E-state index in [2.05, 4.69) is 93.5 Å². The quantitative estimate of drug-likeness (QED) is 0.371. The highest BCUT2D eigenvalue weighted by Gasteiger charge is 2.20. The lowest BCUT2D eigenvalue weighted by molar-refractivity contribution is 0.0981. The number of rotatable bonds is 9. The van der Waals surface area contributed by atoms with Crippen molar-refractivity contribution in [3.63, 3.8) is 0 Å². The van der Waals surface area contributed by atoms with Crippen molar-refractivity contribution in [2.45, 2.75) is 112 Å². The van der Waals surface area contributed by atoms with Crippen molar-refractivity contribution in [2.75, 3.05) is 0 Å². The van der Waals surface area contributed by atoms with Crippen LogP contribution in [0.5, 0.6) is 0 Å². The molecule has 0 saturated heterocycles. The molecular weight excluding hydrogens is 376 g/mol. The first-order chi connectivity index (χ1) is 14.4. The molecule has 0 bridgehead atoms. The number of hydrogen-bond acceptors (Lipinski definition) is 1. The average molecular weight is 420 g/mol. The molecule has 0 aliphatic carbocycles. The number of carbonyl (C=O) groups is 1. The Morgan fingerprint density at radius 3 is 1.71 bits per heavy atom. The van der Waals surface area contributed by atoms with E-state index in [1.165, 1.54) is 27.8 Å². The maximum Gasteiger partial charge on any atom is 0.163 e. The fourth-order valence-electron chi connectivity index (χ4n) is 4.33. The number of benzene rings is 2. The van der Waals surface area contributed by atoms with E-state index in [9.17, 15) is 4.79 Å². The molecule has 0 saturated carbocycles. The molecule has 2 rings (SSSR count). The van der Waals surface area contributed by atoms with E-state index < -0.39 is 0 Å². The Bertz CT molecular complexity index is 868. The van der Waals surface area contributed by atoms with Crippen LogP contribution >= 0.6 is 0 Å². The molecule has 0 unspecified atom stereocenters. The molecule has 0 spiro atoms. The maximum atomic E-state index is 13.3. The van der Waals surface area contributed by atoms with E-state index in [0.717, 1.165) is 17.5 Å². The monoisotopic (exact) mass is 419 g/mol. The van der Waals surface area contributed by atoms with Crippen LogP contribution in [-0.4, -0.2) is 5.78 Å². The third-order valence-electron chi connectivity index (χ3n) is 6.35. The van der Waals surface area contributed by atoms with E-state index in [1.807, 2.05) is 6.07 Å². The summed E-state index contributed by atoms with van der Waals surface area (Å²) in [5, 5.41) is 0. The average Bonchev–Trinajstić information content (AvgIpc) is 2.70. The molecule has 2 aromatic carbocycles. The normalized spacial score (nSPS) is 12.1. The topological polar surface area (TPSA) is 17.1 Å². The van der Waals surface area contributed by atoms with Crippen molar-refractivity contribution in [1.82, 2.24) is 0 Å². The van der Waals surface area contributed by atoms with Gasteiger partial charge in [-0.2, -0.15) is 0 Å². The second kappa shape index (κ2) is 10.6. The van der Waals surface area contributed by atoms with E-state index in [1.54, 1.807) is 0 Å². The van der Waals surface area contributed by atoms with Gasteiger partial charge in [-0.05, 0) is 75.5 Å². The molecule has 0 atom stereocenters. The van der Waals surface area contributed by atoms with Crippen molar-refractivity contribution < 1.29 is 4.79 Å². The molecule has 0 aliphatic heterocycles. The van der Waals surface area contributed by atoms with Gasteiger partial charge in [0.1, 0.15) is 0 Å². The zero-order valence-electron chi connectivity index (χ0n) is 21.5. The van der Waals surface area contributed by atoms with Crippen molar-refractivity contribution in [3.05, 3.63) is 69.3 Å². The predicted molar refractivity (Wildman–Crippen MR) is 135 cm³/mol. The first kappa shape index (κ1) is 25.4. The van der Waals surface area contributed by atoms with Crippen LogP contribution in [0.2, 0.25) is 0 Å². The minimum absolute atomic E-state index is 0.243. The highest BCUT2D eigenvalue weighted by molar-refractivity contribution is 5.97. The summed E-state index contributed by atoms with van der Waals surface area (Å²) in [5.74, 6) is 2.36. The first-order valence-corrected chi connectivity index (χ1v) is 12.2. The zero-order chi connectivity index (χ0) is 23.5. The zero-order valence-corrected chi connectivity index (χ0v) is 21.5. The van der Waals surface area contributed by atoms with Crippen LogP contribution in [0.25, 0.3) is 0 Å². The molecule has 0 N–H and O–H groups in total. The second-order valence-corrected chi connectivity index (χ2v) is 10.6. The van der Waals surface area contributed by atoms with Gasteiger partial charge < -0.3 is 0 Å². The summed E-state index contributed by atoms with van der Waals surface area (Å²) < 4.78 is 0. The van der Waals surface area contributed by atoms with Crippen molar-refractivity contribution in [3.8, 4) is 0 Å². The number of Topliss-reactive ketones (excluding diaryl/α,β-unsaturated/α-hetero) is 1. The van der Waals surface area contributed by atoms with Crippen LogP contribution in [-0.2, 0) is 6.42 Å². The Balaban J connectivity index is 2.41. The van der Waals surface area contributed by atoms with Crippen LogP contribution in [0.4, 0.5) is 0 Å². The molecule has 0 aliphatic rings. The second-order valence-electron chi connectivity index (χ2n) is 10.6. The highest BCUT2D eigenvalue weighted by Crippen LogP contribution is 2.33. The van der Waals surface area contributed by atoms with Crippen molar-refractivity contribution in [1.29, 1.82) is 0 Å². The van der Waals surface area contributed by atoms with Crippen LogP contribution in [0.1, 0.15) is 149 Å². The predicted octanol–water partition coefficient (Wildman–Crippen LogP) is 8.92. The first-order valence-electron chi connectivity index (χ1n) is 12.2. The van der Waals surface area contributed by atoms with Crippen molar-refractivity contribution >= 4 is 5.78 Å². The summed E-state index contributed by atoms with van der Waals surface area (Å²) in [7, 11) is 0. The molecule has 0 fully saturated rings. The van der Waals surface area contributed by atoms with Crippen molar-refractivity contribution in [2.24, 2.45) is 0 Å². The highest BCUT2D eigenvalue weighted by atomic mass is 16.1. The minimum Gasteiger partial charge on any atom is -0.294 e. The summed E-state index contributed by atoms with van der Waals surface area (Å²) in [6.45, 7) is 22.3. The Hall–Kier alpha value is -1.89. The van der Waals surface area contributed by atoms with Gasteiger partial charge in [-0.1, -0.05) is 93.5 Å². The van der Waals surface area contributed by atoms with Gasteiger partial charge in [0, 0.05) is 12.0 Å². The van der Waals surface area contributed by atoms with Crippen LogP contribution in [0.3, 0.4) is 0 Å². The van der Waals surface area contributed by atoms with E-state index in [0.29, 0.717) is 36.0 Å². The lowest BCUT2D eigenvalue weighted by atomic mass is 9.82. The smallest absolute Gasteiger partial charge is 0.163 e. The van der Waals surface area contributed by atoms with E-state index >= 15 is 0 Å². The Labute approximate surface area is 191 Å². The van der Waals surface area contributed by atoms with Gasteiger partial charge in [0.25, 0.3) is 0 Å². The molecule has 0 amide bonds. The SMILES string of the molecule is CC(C)c1[c]c(C(C)C)c(C(=O)CCc2c(C(C)C)cc(C(C)C)cc2C(C)C)cc1. The third kappa shape index (κ3) is 6.09. The van der Waals surface area contributed by atoms with Crippen LogP contribution < -0.4 is 0 Å². The Morgan fingerprint density at radius 1 is 0.742 bits per heavy atom. The number of carbonyl (C=O) groups excluding carboxylic acids is 1. The van der Waals surface area contributed by atoms with E-state index in [-0.39, 0.29) is 5.78 Å². The minimum atomic E-state index is 0.243. The molecule has 1 nitrogen and oxygen atoms in total. The molecule has 31 heavy (non-hydrogen) atoms. The van der Waals surface area contributed by atoms with E-state index in [4.69, 9.17) is 0 Å². The summed E-state index contributed by atoms with van der Waals surface area (Å²) in [4.78, 5) is 13.3. The van der Waals surface area contributed by atoms with Gasteiger partial charge in [0.2, 0.25) is 0 Å². The molecule has 1 radical (unpaired) electrons. The van der Waals surface area contributed by atoms with Gasteiger partial charge in [0.15, 0.2) is 5.78 Å². The number of hydrogen-bond donors (Lipinski definition) is 0. The summed E-state index contributed by atoms with van der Waals surface area (Å²) >= 11 is 0. The summed E-state index contributed by atoms with van der Waals surface area (Å²) in [6, 6.07) is 12.4. The van der Waals surface area contributed by atoms with Gasteiger partial charge in [-0.25, -0.2) is 0 Å². The van der Waals surface area contributed by atoms with Gasteiger partial charge in [-0.15, -0.1) is 0 Å². The Morgan fingerprint density at radius 2 is 1.29 bits per heavy atom. The fraction of sp³-hybridized carbons (Fsp3) is 0.567. The molecular formula is C30H43O. The fourth-order valence-corrected chi connectivity index (χ4v) is 4.33. The molecule has 2 aromatic rings. The molecule has 0 aromatic heterocycles. The summed E-state index contributed by atoms with van der Waals surface area (Å²) in [5.41, 5.74) is 8.73. The standard InChI is InChI=1S/C30H43O/c1-18(2)23-11-12-26(29(15-23)22(9)10)30(31)14-13-25-27(20(5)6)16-24(19(3)4)17-28(25)21(7)8/h11-12,16-22H,13-14H2,1-10H3. The van der Waals surface area contributed by atoms with Gasteiger partial charge in [0.05, 0.1) is 0 Å². The van der Waals surface area contributed by atoms with Gasteiger partial charge in [-0.3, -0.25) is 4.79 Å². The lowest BCUT2D eigenvalue weighted by Gasteiger charge is -2.23. The maximum absolute atomic E-state index is 13.3. The van der Waals surface area contributed by atoms with Crippen LogP contribution in [0, 0.1) is 6.07 Å². The third-order valence-corrected chi connectivity index (χ3v) is 6.35. The lowest BCUT2D eigenvalue weighted by Crippen LogP contribution is -2.11. The molecule has 169 valence electrons. The van der Waals surface area contributed by atoms with Crippen LogP contribution in [0.15, 0.2) is 24.3 Å².